The van der Waals surface area contributed by atoms with E-state index in [1.807, 2.05) is 0 Å². The van der Waals surface area contributed by atoms with E-state index >= 15 is 0 Å². The van der Waals surface area contributed by atoms with Crippen LogP contribution in [0.1, 0.15) is 32.1 Å². The minimum Gasteiger partial charge on any atom is -0.378 e. The number of allylic oxidation sites excluding steroid dienone is 2. The Morgan fingerprint density at radius 1 is 1.28 bits per heavy atom. The second-order valence-corrected chi connectivity index (χ2v) is 7.81. The number of hydrogen-bond acceptors (Lipinski definition) is 5. The van der Waals surface area contributed by atoms with Crippen LogP contribution in [0.3, 0.4) is 0 Å². The highest BCUT2D eigenvalue weighted by Gasteiger charge is 2.46. The number of nitrogens with one attached hydrogen (secondary N) is 1. The van der Waals surface area contributed by atoms with Crippen LogP contribution >= 0.6 is 0 Å². The molecular weight excluding hydrogens is 323 g/mol. The number of nitrogens with zero attached hydrogens (tertiary/aromatic N) is 1. The number of Topliss-reactive ketones (excluding diaryl/α,β-unsaturated/α-hetero) is 1. The normalized spacial score (nSPS) is 34.6. The number of piperidine rings is 2. The highest BCUT2D eigenvalue weighted by atomic mass is 19.1. The van der Waals surface area contributed by atoms with E-state index in [2.05, 4.69) is 10.2 Å². The highest BCUT2D eigenvalue weighted by molar-refractivity contribution is 5.98. The molecule has 3 heterocycles. The molecule has 2 N–H and O–H groups in total. The molecule has 138 valence electrons. The third-order valence-electron chi connectivity index (χ3n) is 6.19. The number of ether oxygens (including phenoxy) is 1. The zero-order chi connectivity index (χ0) is 17.4. The smallest absolute Gasteiger partial charge is 0.164 e. The average molecular weight is 350 g/mol. The van der Waals surface area contributed by atoms with Crippen molar-refractivity contribution in [2.75, 3.05) is 26.2 Å². The van der Waals surface area contributed by atoms with E-state index in [1.54, 1.807) is 6.08 Å². The Morgan fingerprint density at radius 2 is 2.00 bits per heavy atom. The summed E-state index contributed by atoms with van der Waals surface area (Å²) in [6.07, 6.45) is 6.32. The van der Waals surface area contributed by atoms with Crippen LogP contribution in [0.15, 0.2) is 23.8 Å². The van der Waals surface area contributed by atoms with Gasteiger partial charge in [0.1, 0.15) is 18.5 Å². The minimum atomic E-state index is -1.19. The number of carbonyl (C=O) groups is 1. The van der Waals surface area contributed by atoms with Crippen molar-refractivity contribution in [1.29, 1.82) is 0 Å². The van der Waals surface area contributed by atoms with Gasteiger partial charge in [0, 0.05) is 31.0 Å². The standard InChI is InChI=1S/C19H27FN2O3/c20-14-1-2-17-15(11-14)16(23)12-19(25-17)5-9-22(10-6-19)18(24)13-3-7-21-8-4-13/h1-2,11,13-14,17-18,21,24H,3-10,12H2. The second-order valence-electron chi connectivity index (χ2n) is 7.81. The lowest BCUT2D eigenvalue weighted by atomic mass is 9.79. The first kappa shape index (κ1) is 17.3. The van der Waals surface area contributed by atoms with Gasteiger partial charge in [0.2, 0.25) is 0 Å². The SMILES string of the molecule is O=C1CC2(CCN(C(O)C3CCNCC3)CC2)OC2C=CC(F)C=C12. The van der Waals surface area contributed by atoms with E-state index < -0.39 is 24.1 Å². The molecule has 0 aromatic rings. The largest absolute Gasteiger partial charge is 0.378 e. The maximum Gasteiger partial charge on any atom is 0.164 e. The van der Waals surface area contributed by atoms with E-state index in [0.29, 0.717) is 17.9 Å². The minimum absolute atomic E-state index is 0.00982. The van der Waals surface area contributed by atoms with Crippen molar-refractivity contribution in [3.8, 4) is 0 Å². The van der Waals surface area contributed by atoms with Gasteiger partial charge in [-0.15, -0.1) is 0 Å². The van der Waals surface area contributed by atoms with Crippen LogP contribution < -0.4 is 5.32 Å². The van der Waals surface area contributed by atoms with Crippen LogP contribution in [-0.4, -0.2) is 66.1 Å². The first-order valence-corrected chi connectivity index (χ1v) is 9.44. The van der Waals surface area contributed by atoms with Crippen molar-refractivity contribution in [3.63, 3.8) is 0 Å². The number of carbonyl (C=O) groups excluding carboxylic acids is 1. The zero-order valence-corrected chi connectivity index (χ0v) is 14.5. The van der Waals surface area contributed by atoms with Crippen LogP contribution in [-0.2, 0) is 9.53 Å². The van der Waals surface area contributed by atoms with Gasteiger partial charge in [0.25, 0.3) is 0 Å². The molecule has 3 unspecified atom stereocenters. The molecule has 25 heavy (non-hydrogen) atoms. The van der Waals surface area contributed by atoms with Gasteiger partial charge < -0.3 is 15.2 Å². The average Bonchev–Trinajstić information content (AvgIpc) is 2.63. The van der Waals surface area contributed by atoms with Crippen LogP contribution in [0.2, 0.25) is 0 Å². The molecular formula is C19H27FN2O3. The van der Waals surface area contributed by atoms with Gasteiger partial charge >= 0.3 is 0 Å². The summed E-state index contributed by atoms with van der Waals surface area (Å²) in [5.41, 5.74) is 0.00879. The molecule has 1 aliphatic carbocycles. The molecule has 1 spiro atoms. The lowest BCUT2D eigenvalue weighted by Crippen LogP contribution is -2.56. The Bertz CT molecular complexity index is 577. The fraction of sp³-hybridized carbons (Fsp3) is 0.737. The second kappa shape index (κ2) is 6.91. The van der Waals surface area contributed by atoms with Crippen LogP contribution in [0.4, 0.5) is 4.39 Å². The van der Waals surface area contributed by atoms with E-state index in [0.717, 1.165) is 51.9 Å². The molecule has 0 aromatic carbocycles. The van der Waals surface area contributed by atoms with Crippen molar-refractivity contribution in [2.24, 2.45) is 5.92 Å². The quantitative estimate of drug-likeness (QED) is 0.736. The molecule has 4 aliphatic rings. The van der Waals surface area contributed by atoms with E-state index in [9.17, 15) is 14.3 Å². The van der Waals surface area contributed by atoms with Crippen LogP contribution in [0.5, 0.6) is 0 Å². The summed E-state index contributed by atoms with van der Waals surface area (Å²) in [6, 6.07) is 0. The zero-order valence-electron chi connectivity index (χ0n) is 14.5. The molecule has 3 saturated heterocycles. The Kier molecular flexibility index (Phi) is 4.79. The van der Waals surface area contributed by atoms with Crippen molar-refractivity contribution in [2.45, 2.75) is 56.2 Å². The third kappa shape index (κ3) is 3.45. The summed E-state index contributed by atoms with van der Waals surface area (Å²) in [4.78, 5) is 14.6. The predicted molar refractivity (Wildman–Crippen MR) is 91.8 cm³/mol. The number of rotatable bonds is 2. The van der Waals surface area contributed by atoms with Crippen molar-refractivity contribution in [3.05, 3.63) is 23.8 Å². The van der Waals surface area contributed by atoms with Gasteiger partial charge in [-0.2, -0.15) is 0 Å². The molecule has 0 saturated carbocycles. The fourth-order valence-electron chi connectivity index (χ4n) is 4.62. The van der Waals surface area contributed by atoms with Gasteiger partial charge in [-0.25, -0.2) is 4.39 Å². The van der Waals surface area contributed by atoms with Crippen molar-refractivity contribution >= 4 is 5.78 Å². The van der Waals surface area contributed by atoms with Gasteiger partial charge in [-0.3, -0.25) is 9.69 Å². The Morgan fingerprint density at radius 3 is 2.72 bits per heavy atom. The number of ketones is 1. The molecule has 4 rings (SSSR count). The lowest BCUT2D eigenvalue weighted by molar-refractivity contribution is -0.157. The van der Waals surface area contributed by atoms with Gasteiger partial charge in [-0.1, -0.05) is 6.08 Å². The van der Waals surface area contributed by atoms with Gasteiger partial charge in [-0.05, 0) is 50.9 Å². The predicted octanol–water partition coefficient (Wildman–Crippen LogP) is 1.33. The lowest BCUT2D eigenvalue weighted by Gasteiger charge is -2.48. The summed E-state index contributed by atoms with van der Waals surface area (Å²) >= 11 is 0. The highest BCUT2D eigenvalue weighted by Crippen LogP contribution is 2.40. The maximum absolute atomic E-state index is 13.5. The van der Waals surface area contributed by atoms with Gasteiger partial charge in [0.05, 0.1) is 5.60 Å². The third-order valence-corrected chi connectivity index (χ3v) is 6.19. The number of likely N-dealkylation sites (tertiary alicyclic amines) is 1. The molecule has 0 amide bonds. The molecule has 3 fully saturated rings. The number of halogens is 1. The van der Waals surface area contributed by atoms with Crippen LogP contribution in [0, 0.1) is 5.92 Å². The van der Waals surface area contributed by atoms with Crippen molar-refractivity contribution in [1.82, 2.24) is 10.2 Å². The molecule has 0 bridgehead atoms. The number of fused-ring (bicyclic) bond motifs is 1. The van der Waals surface area contributed by atoms with Gasteiger partial charge in [0.15, 0.2) is 5.78 Å². The molecule has 3 aliphatic heterocycles. The Labute approximate surface area is 147 Å². The van der Waals surface area contributed by atoms with E-state index in [-0.39, 0.29) is 5.78 Å². The topological polar surface area (TPSA) is 61.8 Å². The molecule has 0 aromatic heterocycles. The summed E-state index contributed by atoms with van der Waals surface area (Å²) in [6.45, 7) is 3.41. The molecule has 3 atom stereocenters. The Balaban J connectivity index is 1.39. The first-order valence-electron chi connectivity index (χ1n) is 9.44. The van der Waals surface area contributed by atoms with E-state index in [4.69, 9.17) is 4.74 Å². The molecule has 5 nitrogen and oxygen atoms in total. The summed E-state index contributed by atoms with van der Waals surface area (Å²) in [5.74, 6) is 0.331. The number of aliphatic hydroxyl groups excluding tert-OH is 1. The molecule has 0 radical (unpaired) electrons. The number of aliphatic hydroxyl groups is 1. The summed E-state index contributed by atoms with van der Waals surface area (Å²) in [5, 5.41) is 14.0. The van der Waals surface area contributed by atoms with E-state index in [1.165, 1.54) is 12.2 Å². The summed E-state index contributed by atoms with van der Waals surface area (Å²) in [7, 11) is 0. The van der Waals surface area contributed by atoms with Crippen molar-refractivity contribution < 1.29 is 19.0 Å². The molecule has 6 heteroatoms. The monoisotopic (exact) mass is 350 g/mol. The fourth-order valence-corrected chi connectivity index (χ4v) is 4.62. The first-order chi connectivity index (χ1) is 12.1. The number of hydrogen-bond donors (Lipinski definition) is 2. The maximum atomic E-state index is 13.5. The van der Waals surface area contributed by atoms with Crippen LogP contribution in [0.25, 0.3) is 0 Å². The Hall–Kier alpha value is -1.08. The number of alkyl halides is 1. The summed E-state index contributed by atoms with van der Waals surface area (Å²) < 4.78 is 19.7.